The van der Waals surface area contributed by atoms with Crippen LogP contribution in [-0.2, 0) is 10.0 Å². The number of rotatable bonds is 7. The van der Waals surface area contributed by atoms with E-state index in [1.165, 1.54) is 12.3 Å². The molecule has 0 saturated heterocycles. The molecule has 154 valence electrons. The second-order valence-corrected chi connectivity index (χ2v) is 7.71. The molecule has 0 aliphatic heterocycles. The van der Waals surface area contributed by atoms with E-state index in [0.29, 0.717) is 17.0 Å². The van der Waals surface area contributed by atoms with Crippen LogP contribution in [0.4, 0.5) is 11.4 Å². The fourth-order valence-electron chi connectivity index (χ4n) is 2.39. The Morgan fingerprint density at radius 1 is 1.07 bits per heavy atom. The summed E-state index contributed by atoms with van der Waals surface area (Å²) in [5.41, 5.74) is 1.31. The third-order valence-electron chi connectivity index (χ3n) is 4.00. The molecule has 1 aromatic heterocycles. The number of nitrogens with one attached hydrogen (secondary N) is 2. The average Bonchev–Trinajstić information content (AvgIpc) is 3.28. The molecule has 10 nitrogen and oxygen atoms in total. The number of carbonyl (C=O) groups is 1. The minimum Gasteiger partial charge on any atom is -0.459 e. The largest absolute Gasteiger partial charge is 0.459 e. The number of nitro benzene ring substituents is 1. The Kier molecular flexibility index (Phi) is 5.93. The van der Waals surface area contributed by atoms with E-state index in [1.807, 2.05) is 0 Å². The Morgan fingerprint density at radius 3 is 2.30 bits per heavy atom. The van der Waals surface area contributed by atoms with Gasteiger partial charge in [-0.25, -0.2) is 0 Å². The summed E-state index contributed by atoms with van der Waals surface area (Å²) in [6.07, 6.45) is 1.40. The van der Waals surface area contributed by atoms with E-state index in [9.17, 15) is 23.3 Å². The molecule has 0 radical (unpaired) electrons. The molecule has 30 heavy (non-hydrogen) atoms. The number of hydrogen-bond donors (Lipinski definition) is 2. The van der Waals surface area contributed by atoms with Gasteiger partial charge in [-0.1, -0.05) is 12.1 Å². The van der Waals surface area contributed by atoms with Gasteiger partial charge in [-0.05, 0) is 48.9 Å². The first-order valence-corrected chi connectivity index (χ1v) is 10.0. The van der Waals surface area contributed by atoms with E-state index in [1.54, 1.807) is 37.3 Å². The molecule has 3 rings (SSSR count). The summed E-state index contributed by atoms with van der Waals surface area (Å²) >= 11 is 0. The van der Waals surface area contributed by atoms with E-state index >= 15 is 0 Å². The van der Waals surface area contributed by atoms with Gasteiger partial charge in [-0.3, -0.25) is 14.9 Å². The van der Waals surface area contributed by atoms with Crippen LogP contribution in [0, 0.1) is 10.1 Å². The van der Waals surface area contributed by atoms with E-state index in [-0.39, 0.29) is 16.3 Å². The SMILES string of the molecule is C/C(=N/NS(=O)(=O)c1ccc([N+](=O)[O-])cc1)c1ccc(NC(=O)c2ccco2)cc1. The van der Waals surface area contributed by atoms with Crippen molar-refractivity contribution in [1.29, 1.82) is 0 Å². The van der Waals surface area contributed by atoms with Crippen LogP contribution >= 0.6 is 0 Å². The van der Waals surface area contributed by atoms with Crippen LogP contribution in [0.15, 0.2) is 81.3 Å². The first-order valence-electron chi connectivity index (χ1n) is 8.52. The lowest BCUT2D eigenvalue weighted by molar-refractivity contribution is -0.384. The topological polar surface area (TPSA) is 144 Å². The number of furan rings is 1. The Bertz CT molecular complexity index is 1180. The van der Waals surface area contributed by atoms with Crippen molar-refractivity contribution in [3.05, 3.63) is 88.4 Å². The molecule has 0 saturated carbocycles. The lowest BCUT2D eigenvalue weighted by Crippen LogP contribution is -2.20. The zero-order chi connectivity index (χ0) is 21.7. The standard InChI is InChI=1S/C19H16N4O6S/c1-13(21-22-30(27,28)17-10-8-16(9-11-17)23(25)26)14-4-6-15(7-5-14)20-19(24)18-3-2-12-29-18/h2-12,22H,1H3,(H,20,24)/b21-13-. The van der Waals surface area contributed by atoms with Gasteiger partial charge in [0.25, 0.3) is 21.6 Å². The predicted molar refractivity (Wildman–Crippen MR) is 109 cm³/mol. The molecular weight excluding hydrogens is 412 g/mol. The molecular formula is C19H16N4O6S. The number of benzene rings is 2. The number of hydrazone groups is 1. The first-order chi connectivity index (χ1) is 14.3. The number of sulfonamides is 1. The highest BCUT2D eigenvalue weighted by atomic mass is 32.2. The molecule has 0 aliphatic carbocycles. The Hall–Kier alpha value is -3.99. The van der Waals surface area contributed by atoms with Gasteiger partial charge in [0.05, 0.1) is 21.8 Å². The lowest BCUT2D eigenvalue weighted by Gasteiger charge is -2.07. The minimum absolute atomic E-state index is 0.152. The van der Waals surface area contributed by atoms with Crippen molar-refractivity contribution < 1.29 is 22.6 Å². The summed E-state index contributed by atoms with van der Waals surface area (Å²) in [4.78, 5) is 24.0. The molecule has 0 aliphatic rings. The third kappa shape index (κ3) is 4.89. The highest BCUT2D eigenvalue weighted by Crippen LogP contribution is 2.16. The summed E-state index contributed by atoms with van der Waals surface area (Å²) in [5.74, 6) is -0.216. The second-order valence-electron chi connectivity index (χ2n) is 6.05. The predicted octanol–water partition coefficient (Wildman–Crippen LogP) is 3.14. The number of nitrogens with zero attached hydrogens (tertiary/aromatic N) is 2. The zero-order valence-electron chi connectivity index (χ0n) is 15.6. The molecule has 2 aromatic carbocycles. The first kappa shape index (κ1) is 20.7. The Morgan fingerprint density at radius 2 is 1.73 bits per heavy atom. The number of hydrogen-bond acceptors (Lipinski definition) is 7. The molecule has 0 unspecified atom stereocenters. The minimum atomic E-state index is -3.98. The molecule has 1 heterocycles. The van der Waals surface area contributed by atoms with Crippen molar-refractivity contribution in [3.63, 3.8) is 0 Å². The maximum Gasteiger partial charge on any atom is 0.291 e. The number of nitro groups is 1. The van der Waals surface area contributed by atoms with Gasteiger partial charge in [0.2, 0.25) is 0 Å². The van der Waals surface area contributed by atoms with Gasteiger partial charge < -0.3 is 9.73 Å². The van der Waals surface area contributed by atoms with Gasteiger partial charge in [0.1, 0.15) is 0 Å². The van der Waals surface area contributed by atoms with E-state index in [4.69, 9.17) is 4.42 Å². The van der Waals surface area contributed by atoms with Crippen molar-refractivity contribution >= 4 is 33.0 Å². The molecule has 2 N–H and O–H groups in total. The van der Waals surface area contributed by atoms with Crippen LogP contribution in [0.5, 0.6) is 0 Å². The molecule has 11 heteroatoms. The lowest BCUT2D eigenvalue weighted by atomic mass is 10.1. The summed E-state index contributed by atoms with van der Waals surface area (Å²) in [6.45, 7) is 1.61. The van der Waals surface area contributed by atoms with Crippen LogP contribution in [-0.4, -0.2) is 25.0 Å². The number of amides is 1. The van der Waals surface area contributed by atoms with Crippen LogP contribution in [0.3, 0.4) is 0 Å². The highest BCUT2D eigenvalue weighted by molar-refractivity contribution is 7.89. The van der Waals surface area contributed by atoms with Crippen molar-refractivity contribution in [3.8, 4) is 0 Å². The van der Waals surface area contributed by atoms with Crippen molar-refractivity contribution in [2.45, 2.75) is 11.8 Å². The smallest absolute Gasteiger partial charge is 0.291 e. The highest BCUT2D eigenvalue weighted by Gasteiger charge is 2.15. The quantitative estimate of drug-likeness (QED) is 0.336. The van der Waals surface area contributed by atoms with Crippen molar-refractivity contribution in [2.75, 3.05) is 5.32 Å². The van der Waals surface area contributed by atoms with E-state index in [0.717, 1.165) is 24.3 Å². The summed E-state index contributed by atoms with van der Waals surface area (Å²) in [5, 5.41) is 17.2. The summed E-state index contributed by atoms with van der Waals surface area (Å²) < 4.78 is 29.6. The molecule has 0 bridgehead atoms. The molecule has 3 aromatic rings. The van der Waals surface area contributed by atoms with Crippen molar-refractivity contribution in [1.82, 2.24) is 4.83 Å². The molecule has 0 spiro atoms. The van der Waals surface area contributed by atoms with Gasteiger partial charge in [-0.2, -0.15) is 18.4 Å². The van der Waals surface area contributed by atoms with Gasteiger partial charge in [0.15, 0.2) is 5.76 Å². The normalized spacial score (nSPS) is 11.7. The number of carbonyl (C=O) groups excluding carboxylic acids is 1. The molecule has 0 atom stereocenters. The summed E-state index contributed by atoms with van der Waals surface area (Å²) in [7, 11) is -3.98. The molecule has 1 amide bonds. The van der Waals surface area contributed by atoms with Gasteiger partial charge in [0, 0.05) is 17.8 Å². The maximum absolute atomic E-state index is 12.3. The van der Waals surface area contributed by atoms with Crippen molar-refractivity contribution in [2.24, 2.45) is 5.10 Å². The van der Waals surface area contributed by atoms with Crippen LogP contribution in [0.1, 0.15) is 23.0 Å². The average molecular weight is 428 g/mol. The summed E-state index contributed by atoms with van der Waals surface area (Å²) in [6, 6.07) is 14.2. The third-order valence-corrected chi connectivity index (χ3v) is 5.22. The van der Waals surface area contributed by atoms with E-state index in [2.05, 4.69) is 15.2 Å². The van der Waals surface area contributed by atoms with Crippen LogP contribution in [0.25, 0.3) is 0 Å². The fourth-order valence-corrected chi connectivity index (χ4v) is 3.24. The van der Waals surface area contributed by atoms with Gasteiger partial charge >= 0.3 is 0 Å². The number of anilines is 1. The van der Waals surface area contributed by atoms with Crippen LogP contribution in [0.2, 0.25) is 0 Å². The van der Waals surface area contributed by atoms with Gasteiger partial charge in [-0.15, -0.1) is 0 Å². The molecule has 0 fully saturated rings. The second kappa shape index (κ2) is 8.57. The monoisotopic (exact) mass is 428 g/mol. The zero-order valence-corrected chi connectivity index (χ0v) is 16.4. The number of non-ortho nitro benzene ring substituents is 1. The van der Waals surface area contributed by atoms with E-state index < -0.39 is 20.9 Å². The Balaban J connectivity index is 1.67. The van der Waals surface area contributed by atoms with Crippen LogP contribution < -0.4 is 10.1 Å². The maximum atomic E-state index is 12.3. The fraction of sp³-hybridized carbons (Fsp3) is 0.0526. The Labute approximate surface area is 171 Å².